The third-order valence-electron chi connectivity index (χ3n) is 3.91. The highest BCUT2D eigenvalue weighted by atomic mass is 16.2. The van der Waals surface area contributed by atoms with Crippen LogP contribution in [0.15, 0.2) is 0 Å². The van der Waals surface area contributed by atoms with Gasteiger partial charge in [0.05, 0.1) is 6.54 Å². The fraction of sp³-hybridized carbons (Fsp3) is 0.882. The molecule has 1 rings (SSSR count). The van der Waals surface area contributed by atoms with Gasteiger partial charge in [0.25, 0.3) is 0 Å². The molecule has 1 saturated heterocycles. The SMILES string of the molecule is CC(C)(C)CC1CC(NC(=O)C(C)(C)C)CN(CC(N)=O)C1. The van der Waals surface area contributed by atoms with E-state index >= 15 is 0 Å². The van der Waals surface area contributed by atoms with Crippen molar-refractivity contribution in [2.75, 3.05) is 19.6 Å². The molecular formula is C17H33N3O2. The van der Waals surface area contributed by atoms with Crippen molar-refractivity contribution in [1.82, 2.24) is 10.2 Å². The van der Waals surface area contributed by atoms with Gasteiger partial charge in [-0.05, 0) is 24.2 Å². The first-order valence-corrected chi connectivity index (χ1v) is 8.18. The molecule has 0 aromatic carbocycles. The standard InChI is InChI=1S/C17H33N3O2/c1-16(2,3)8-12-7-13(19-15(22)17(4,5)6)10-20(9-12)11-14(18)21/h12-13H,7-11H2,1-6H3,(H2,18,21)(H,19,22). The second-order valence-corrected chi connectivity index (χ2v) is 8.95. The number of rotatable bonds is 4. The van der Waals surface area contributed by atoms with Crippen LogP contribution in [0.3, 0.4) is 0 Å². The predicted octanol–water partition coefficient (Wildman–Crippen LogP) is 1.76. The fourth-order valence-corrected chi connectivity index (χ4v) is 3.17. The van der Waals surface area contributed by atoms with E-state index in [-0.39, 0.29) is 29.8 Å². The number of carbonyl (C=O) groups is 2. The van der Waals surface area contributed by atoms with Gasteiger partial charge in [-0.3, -0.25) is 14.5 Å². The van der Waals surface area contributed by atoms with E-state index in [1.165, 1.54) is 0 Å². The lowest BCUT2D eigenvalue weighted by atomic mass is 9.80. The molecule has 2 unspecified atom stereocenters. The highest BCUT2D eigenvalue weighted by Gasteiger charge is 2.33. The highest BCUT2D eigenvalue weighted by Crippen LogP contribution is 2.30. The Morgan fingerprint density at radius 1 is 1.14 bits per heavy atom. The maximum atomic E-state index is 12.2. The Balaban J connectivity index is 2.74. The number of hydrogen-bond acceptors (Lipinski definition) is 3. The van der Waals surface area contributed by atoms with Crippen LogP contribution in [0, 0.1) is 16.7 Å². The molecule has 2 amide bonds. The van der Waals surface area contributed by atoms with E-state index in [1.54, 1.807) is 0 Å². The number of hydrogen-bond donors (Lipinski definition) is 2. The van der Waals surface area contributed by atoms with Gasteiger partial charge in [-0.15, -0.1) is 0 Å². The number of primary amides is 1. The van der Waals surface area contributed by atoms with Crippen molar-refractivity contribution in [3.63, 3.8) is 0 Å². The quantitative estimate of drug-likeness (QED) is 0.830. The normalized spacial score (nSPS) is 24.1. The third-order valence-corrected chi connectivity index (χ3v) is 3.91. The molecule has 1 heterocycles. The summed E-state index contributed by atoms with van der Waals surface area (Å²) >= 11 is 0. The van der Waals surface area contributed by atoms with Crippen LogP contribution in [0.1, 0.15) is 54.4 Å². The molecule has 2 atom stereocenters. The topological polar surface area (TPSA) is 75.4 Å². The Hall–Kier alpha value is -1.10. The molecule has 0 spiro atoms. The van der Waals surface area contributed by atoms with E-state index in [9.17, 15) is 9.59 Å². The lowest BCUT2D eigenvalue weighted by Gasteiger charge is -2.40. The third kappa shape index (κ3) is 6.77. The van der Waals surface area contributed by atoms with Crippen LogP contribution in [0.25, 0.3) is 0 Å². The largest absolute Gasteiger partial charge is 0.369 e. The zero-order valence-corrected chi connectivity index (χ0v) is 15.0. The van der Waals surface area contributed by atoms with Gasteiger partial charge in [0, 0.05) is 24.5 Å². The van der Waals surface area contributed by atoms with E-state index < -0.39 is 5.41 Å². The zero-order valence-electron chi connectivity index (χ0n) is 15.0. The predicted molar refractivity (Wildman–Crippen MR) is 89.2 cm³/mol. The minimum atomic E-state index is -0.397. The van der Waals surface area contributed by atoms with Crippen molar-refractivity contribution in [2.45, 2.75) is 60.4 Å². The number of likely N-dealkylation sites (tertiary alicyclic amines) is 1. The summed E-state index contributed by atoms with van der Waals surface area (Å²) in [4.78, 5) is 25.6. The molecule has 0 radical (unpaired) electrons. The molecule has 0 aromatic rings. The van der Waals surface area contributed by atoms with E-state index in [0.717, 1.165) is 19.4 Å². The van der Waals surface area contributed by atoms with Crippen LogP contribution >= 0.6 is 0 Å². The molecule has 3 N–H and O–H groups in total. The molecule has 22 heavy (non-hydrogen) atoms. The van der Waals surface area contributed by atoms with Crippen molar-refractivity contribution in [1.29, 1.82) is 0 Å². The van der Waals surface area contributed by atoms with Crippen LogP contribution < -0.4 is 11.1 Å². The Bertz CT molecular complexity index is 407. The maximum absolute atomic E-state index is 12.2. The summed E-state index contributed by atoms with van der Waals surface area (Å²) in [5, 5.41) is 3.15. The van der Waals surface area contributed by atoms with Gasteiger partial charge in [-0.25, -0.2) is 0 Å². The molecule has 128 valence electrons. The van der Waals surface area contributed by atoms with E-state index in [2.05, 4.69) is 31.0 Å². The van der Waals surface area contributed by atoms with E-state index in [1.807, 2.05) is 20.8 Å². The average molecular weight is 311 g/mol. The summed E-state index contributed by atoms with van der Waals surface area (Å²) in [7, 11) is 0. The van der Waals surface area contributed by atoms with Crippen LogP contribution in [0.5, 0.6) is 0 Å². The number of piperidine rings is 1. The number of amides is 2. The van der Waals surface area contributed by atoms with Gasteiger partial charge < -0.3 is 11.1 Å². The van der Waals surface area contributed by atoms with Crippen LogP contribution in [0.4, 0.5) is 0 Å². The van der Waals surface area contributed by atoms with Gasteiger partial charge in [-0.2, -0.15) is 0 Å². The Labute approximate surface area is 135 Å². The Morgan fingerprint density at radius 3 is 2.18 bits per heavy atom. The average Bonchev–Trinajstić information content (AvgIpc) is 2.23. The van der Waals surface area contributed by atoms with Crippen molar-refractivity contribution < 1.29 is 9.59 Å². The molecule has 0 aromatic heterocycles. The molecule has 0 bridgehead atoms. The molecule has 1 fully saturated rings. The summed E-state index contributed by atoms with van der Waals surface area (Å²) < 4.78 is 0. The minimum Gasteiger partial charge on any atom is -0.369 e. The lowest BCUT2D eigenvalue weighted by Crippen LogP contribution is -2.54. The van der Waals surface area contributed by atoms with Crippen LogP contribution in [-0.4, -0.2) is 42.4 Å². The minimum absolute atomic E-state index is 0.0629. The number of nitrogens with zero attached hydrogens (tertiary/aromatic N) is 1. The van der Waals surface area contributed by atoms with Crippen molar-refractivity contribution >= 4 is 11.8 Å². The second kappa shape index (κ2) is 6.99. The van der Waals surface area contributed by atoms with Crippen molar-refractivity contribution in [3.05, 3.63) is 0 Å². The highest BCUT2D eigenvalue weighted by molar-refractivity contribution is 5.81. The van der Waals surface area contributed by atoms with Crippen molar-refractivity contribution in [3.8, 4) is 0 Å². The van der Waals surface area contributed by atoms with Gasteiger partial charge in [-0.1, -0.05) is 41.5 Å². The fourth-order valence-electron chi connectivity index (χ4n) is 3.17. The summed E-state index contributed by atoms with van der Waals surface area (Å²) in [6.45, 7) is 14.3. The van der Waals surface area contributed by atoms with Gasteiger partial charge in [0.1, 0.15) is 0 Å². The smallest absolute Gasteiger partial charge is 0.231 e. The molecule has 5 heteroatoms. The molecule has 0 aliphatic carbocycles. The second-order valence-electron chi connectivity index (χ2n) is 8.95. The van der Waals surface area contributed by atoms with Gasteiger partial charge >= 0.3 is 0 Å². The summed E-state index contributed by atoms with van der Waals surface area (Å²) in [5.74, 6) is 0.226. The van der Waals surface area contributed by atoms with Crippen LogP contribution in [0.2, 0.25) is 0 Å². The molecule has 0 saturated carbocycles. The first-order chi connectivity index (χ1) is 9.87. The Kier molecular flexibility index (Phi) is 6.02. The summed E-state index contributed by atoms with van der Waals surface area (Å²) in [6, 6.07) is 0.0900. The molecular weight excluding hydrogens is 278 g/mol. The monoisotopic (exact) mass is 311 g/mol. The van der Waals surface area contributed by atoms with Gasteiger partial charge in [0.15, 0.2) is 0 Å². The van der Waals surface area contributed by atoms with E-state index in [0.29, 0.717) is 12.5 Å². The summed E-state index contributed by atoms with van der Waals surface area (Å²) in [6.07, 6.45) is 2.04. The van der Waals surface area contributed by atoms with Crippen LogP contribution in [-0.2, 0) is 9.59 Å². The molecule has 1 aliphatic rings. The zero-order chi connectivity index (χ0) is 17.1. The number of carbonyl (C=O) groups excluding carboxylic acids is 2. The van der Waals surface area contributed by atoms with Crippen molar-refractivity contribution in [2.24, 2.45) is 22.5 Å². The number of nitrogens with one attached hydrogen (secondary N) is 1. The molecule has 1 aliphatic heterocycles. The summed E-state index contributed by atoms with van der Waals surface area (Å²) in [5.41, 5.74) is 5.18. The lowest BCUT2D eigenvalue weighted by molar-refractivity contribution is -0.129. The van der Waals surface area contributed by atoms with Gasteiger partial charge in [0.2, 0.25) is 11.8 Å². The first-order valence-electron chi connectivity index (χ1n) is 8.18. The molecule has 5 nitrogen and oxygen atoms in total. The number of nitrogens with two attached hydrogens (primary N) is 1. The van der Waals surface area contributed by atoms with E-state index in [4.69, 9.17) is 5.73 Å². The maximum Gasteiger partial charge on any atom is 0.231 e. The first kappa shape index (κ1) is 18.9. The Morgan fingerprint density at radius 2 is 1.73 bits per heavy atom.